The molecule has 3 amide bonds. The number of nitrogens with one attached hydrogen (secondary N) is 2. The van der Waals surface area contributed by atoms with E-state index in [-0.39, 0.29) is 23.4 Å². The molecule has 1 unspecified atom stereocenters. The van der Waals surface area contributed by atoms with E-state index in [2.05, 4.69) is 10.6 Å². The molecule has 1 saturated heterocycles. The molecule has 0 spiro atoms. The molecule has 0 aromatic heterocycles. The maximum Gasteiger partial charge on any atom is 0.335 e. The minimum absolute atomic E-state index is 0.0753. The van der Waals surface area contributed by atoms with E-state index in [1.54, 1.807) is 17.0 Å². The average Bonchev–Trinajstić information content (AvgIpc) is 2.64. The Morgan fingerprint density at radius 2 is 1.88 bits per heavy atom. The molecule has 1 aromatic carbocycles. The summed E-state index contributed by atoms with van der Waals surface area (Å²) in [5, 5.41) is 14.7. The first-order valence-electron chi connectivity index (χ1n) is 8.99. The third-order valence-corrected chi connectivity index (χ3v) is 4.41. The monoisotopic (exact) mass is 361 g/mol. The molecule has 0 bridgehead atoms. The van der Waals surface area contributed by atoms with E-state index in [1.165, 1.54) is 12.1 Å². The number of hydrogen-bond acceptors (Lipinski definition) is 3. The van der Waals surface area contributed by atoms with Crippen molar-refractivity contribution in [3.05, 3.63) is 35.4 Å². The fourth-order valence-corrected chi connectivity index (χ4v) is 2.88. The van der Waals surface area contributed by atoms with E-state index in [0.29, 0.717) is 32.1 Å². The zero-order valence-corrected chi connectivity index (χ0v) is 15.3. The summed E-state index contributed by atoms with van der Waals surface area (Å²) in [7, 11) is 0. The summed E-state index contributed by atoms with van der Waals surface area (Å²) < 4.78 is 0. The number of carboxylic acids is 1. The van der Waals surface area contributed by atoms with Crippen LogP contribution in [0.4, 0.5) is 4.79 Å². The van der Waals surface area contributed by atoms with Crippen molar-refractivity contribution in [1.82, 2.24) is 15.5 Å². The van der Waals surface area contributed by atoms with Crippen LogP contribution in [0.3, 0.4) is 0 Å². The number of benzene rings is 1. The first-order valence-corrected chi connectivity index (χ1v) is 8.99. The molecule has 3 N–H and O–H groups in total. The lowest BCUT2D eigenvalue weighted by Gasteiger charge is -2.32. The van der Waals surface area contributed by atoms with E-state index >= 15 is 0 Å². The van der Waals surface area contributed by atoms with Gasteiger partial charge < -0.3 is 20.6 Å². The Bertz CT molecular complexity index is 643. The molecular weight excluding hydrogens is 334 g/mol. The topological polar surface area (TPSA) is 98.7 Å². The van der Waals surface area contributed by atoms with E-state index in [1.807, 2.05) is 13.8 Å². The maximum atomic E-state index is 12.4. The molecule has 1 heterocycles. The fraction of sp³-hybridized carbons (Fsp3) is 0.526. The molecule has 7 heteroatoms. The third-order valence-electron chi connectivity index (χ3n) is 4.41. The highest BCUT2D eigenvalue weighted by Crippen LogP contribution is 2.17. The number of rotatable bonds is 6. The van der Waals surface area contributed by atoms with Gasteiger partial charge in [0.15, 0.2) is 0 Å². The van der Waals surface area contributed by atoms with Crippen molar-refractivity contribution in [3.8, 4) is 0 Å². The molecule has 1 aliphatic rings. The van der Waals surface area contributed by atoms with Gasteiger partial charge >= 0.3 is 12.0 Å². The molecule has 0 radical (unpaired) electrons. The Balaban J connectivity index is 1.82. The van der Waals surface area contributed by atoms with Gasteiger partial charge in [-0.05, 0) is 36.5 Å². The summed E-state index contributed by atoms with van der Waals surface area (Å²) in [4.78, 5) is 37.1. The number of hydrogen-bond donors (Lipinski definition) is 3. The van der Waals surface area contributed by atoms with Crippen molar-refractivity contribution in [2.45, 2.75) is 33.2 Å². The van der Waals surface area contributed by atoms with Crippen LogP contribution in [0.15, 0.2) is 24.3 Å². The molecule has 1 aromatic rings. The lowest BCUT2D eigenvalue weighted by atomic mass is 9.97. The Morgan fingerprint density at radius 3 is 2.50 bits per heavy atom. The second-order valence-corrected chi connectivity index (χ2v) is 7.08. The van der Waals surface area contributed by atoms with Gasteiger partial charge in [-0.15, -0.1) is 0 Å². The highest BCUT2D eigenvalue weighted by molar-refractivity contribution is 5.87. The molecule has 2 rings (SSSR count). The normalized spacial score (nSPS) is 17.0. The van der Waals surface area contributed by atoms with Gasteiger partial charge in [0, 0.05) is 26.2 Å². The number of piperidine rings is 1. The van der Waals surface area contributed by atoms with Gasteiger partial charge in [0.1, 0.15) is 0 Å². The second kappa shape index (κ2) is 9.22. The number of likely N-dealkylation sites (tertiary alicyclic amines) is 1. The first-order chi connectivity index (χ1) is 12.4. The van der Waals surface area contributed by atoms with Crippen LogP contribution in [-0.4, -0.2) is 47.5 Å². The van der Waals surface area contributed by atoms with Crippen molar-refractivity contribution >= 4 is 17.9 Å². The van der Waals surface area contributed by atoms with Crippen LogP contribution < -0.4 is 10.6 Å². The predicted molar refractivity (Wildman–Crippen MR) is 97.8 cm³/mol. The molecule has 1 atom stereocenters. The average molecular weight is 361 g/mol. The van der Waals surface area contributed by atoms with E-state index < -0.39 is 5.97 Å². The summed E-state index contributed by atoms with van der Waals surface area (Å²) in [6.45, 7) is 6.14. The standard InChI is InChI=1S/C19H27N3O4/c1-13(2)10-21-19(26)22-9-3-4-16(12-22)17(23)20-11-14-5-7-15(8-6-14)18(24)25/h5-8,13,16H,3-4,9-12H2,1-2H3,(H,20,23)(H,21,26)(H,24,25). The Labute approximate surface area is 153 Å². The van der Waals surface area contributed by atoms with Gasteiger partial charge in [-0.3, -0.25) is 4.79 Å². The second-order valence-electron chi connectivity index (χ2n) is 7.08. The van der Waals surface area contributed by atoms with E-state index in [4.69, 9.17) is 5.11 Å². The number of carbonyl (C=O) groups is 3. The molecule has 0 aliphatic carbocycles. The van der Waals surface area contributed by atoms with Gasteiger partial charge in [0.25, 0.3) is 0 Å². The minimum atomic E-state index is -0.973. The first kappa shape index (κ1) is 19.8. The summed E-state index contributed by atoms with van der Waals surface area (Å²) in [6.07, 6.45) is 1.57. The van der Waals surface area contributed by atoms with E-state index in [9.17, 15) is 14.4 Å². The Morgan fingerprint density at radius 1 is 1.19 bits per heavy atom. The van der Waals surface area contributed by atoms with Gasteiger partial charge in [-0.1, -0.05) is 26.0 Å². The zero-order valence-electron chi connectivity index (χ0n) is 15.3. The van der Waals surface area contributed by atoms with Crippen molar-refractivity contribution in [1.29, 1.82) is 0 Å². The molecule has 1 aliphatic heterocycles. The molecule has 142 valence electrons. The number of carbonyl (C=O) groups excluding carboxylic acids is 2. The maximum absolute atomic E-state index is 12.4. The highest BCUT2D eigenvalue weighted by Gasteiger charge is 2.28. The molecule has 0 saturated carbocycles. The number of urea groups is 1. The summed E-state index contributed by atoms with van der Waals surface area (Å²) >= 11 is 0. The number of amides is 3. The zero-order chi connectivity index (χ0) is 19.1. The van der Waals surface area contributed by atoms with Crippen molar-refractivity contribution in [2.24, 2.45) is 11.8 Å². The lowest BCUT2D eigenvalue weighted by molar-refractivity contribution is -0.126. The SMILES string of the molecule is CC(C)CNC(=O)N1CCCC(C(=O)NCc2ccc(C(=O)O)cc2)C1. The molecule has 7 nitrogen and oxygen atoms in total. The van der Waals surface area contributed by atoms with Gasteiger partial charge in [-0.25, -0.2) is 9.59 Å². The van der Waals surface area contributed by atoms with Crippen molar-refractivity contribution in [2.75, 3.05) is 19.6 Å². The van der Waals surface area contributed by atoms with Crippen LogP contribution in [0, 0.1) is 11.8 Å². The van der Waals surface area contributed by atoms with Crippen molar-refractivity contribution in [3.63, 3.8) is 0 Å². The third kappa shape index (κ3) is 5.75. The van der Waals surface area contributed by atoms with Crippen molar-refractivity contribution < 1.29 is 19.5 Å². The van der Waals surface area contributed by atoms with Crippen LogP contribution in [-0.2, 0) is 11.3 Å². The van der Waals surface area contributed by atoms with Crippen LogP contribution in [0.1, 0.15) is 42.6 Å². The van der Waals surface area contributed by atoms with Gasteiger partial charge in [-0.2, -0.15) is 0 Å². The minimum Gasteiger partial charge on any atom is -0.478 e. The molecule has 1 fully saturated rings. The van der Waals surface area contributed by atoms with Crippen LogP contribution in [0.25, 0.3) is 0 Å². The predicted octanol–water partition coefficient (Wildman–Crippen LogP) is 2.08. The number of carboxylic acid groups (broad SMARTS) is 1. The Kier molecular flexibility index (Phi) is 7.00. The highest BCUT2D eigenvalue weighted by atomic mass is 16.4. The van der Waals surface area contributed by atoms with E-state index in [0.717, 1.165) is 18.4 Å². The van der Waals surface area contributed by atoms with Gasteiger partial charge in [0.05, 0.1) is 11.5 Å². The molecule has 26 heavy (non-hydrogen) atoms. The largest absolute Gasteiger partial charge is 0.478 e. The summed E-state index contributed by atoms with van der Waals surface area (Å²) in [6, 6.07) is 6.31. The molecular formula is C19H27N3O4. The summed E-state index contributed by atoms with van der Waals surface area (Å²) in [5.41, 5.74) is 1.06. The number of nitrogens with zero attached hydrogens (tertiary/aromatic N) is 1. The Hall–Kier alpha value is -2.57. The van der Waals surface area contributed by atoms with Crippen LogP contribution >= 0.6 is 0 Å². The van der Waals surface area contributed by atoms with Gasteiger partial charge in [0.2, 0.25) is 5.91 Å². The number of aromatic carboxylic acids is 1. The lowest BCUT2D eigenvalue weighted by Crippen LogP contribution is -2.49. The summed E-state index contributed by atoms with van der Waals surface area (Å²) in [5.74, 6) is -0.880. The smallest absolute Gasteiger partial charge is 0.335 e. The van der Waals surface area contributed by atoms with Crippen LogP contribution in [0.2, 0.25) is 0 Å². The van der Waals surface area contributed by atoms with Crippen LogP contribution in [0.5, 0.6) is 0 Å². The fourth-order valence-electron chi connectivity index (χ4n) is 2.88. The quantitative estimate of drug-likeness (QED) is 0.722.